The number of halogens is 3. The number of benzene rings is 1. The van der Waals surface area contributed by atoms with Gasteiger partial charge in [0, 0.05) is 30.2 Å². The summed E-state index contributed by atoms with van der Waals surface area (Å²) in [6.45, 7) is 0.0380. The van der Waals surface area contributed by atoms with E-state index in [1.807, 2.05) is 6.92 Å². The van der Waals surface area contributed by atoms with Gasteiger partial charge in [-0.05, 0) is 25.1 Å². The molecule has 0 bridgehead atoms. The largest absolute Gasteiger partial charge is 0.434 e. The molecule has 1 rings (SSSR count). The first-order valence-electron chi connectivity index (χ1n) is 6.12. The molecular weight excluding hydrogens is 334 g/mol. The van der Waals surface area contributed by atoms with Crippen molar-refractivity contribution in [2.75, 3.05) is 20.1 Å². The standard InChI is InChI=1S/C13H17BrF2N2O2/c1-3-18(2)12(19)8-17-7-9-6-10(14)4-5-11(9)20-13(15)16/h4-6,13,17H,3,7-8H2,1-2H3. The molecule has 4 nitrogen and oxygen atoms in total. The Balaban J connectivity index is 2.62. The maximum Gasteiger partial charge on any atom is 0.387 e. The molecule has 20 heavy (non-hydrogen) atoms. The second kappa shape index (κ2) is 8.16. The zero-order valence-corrected chi connectivity index (χ0v) is 12.9. The highest BCUT2D eigenvalue weighted by atomic mass is 79.9. The third kappa shape index (κ3) is 5.42. The van der Waals surface area contributed by atoms with Crippen LogP contribution in [0.5, 0.6) is 5.75 Å². The van der Waals surface area contributed by atoms with Crippen LogP contribution in [0.1, 0.15) is 12.5 Å². The SMILES string of the molecule is CCN(C)C(=O)CNCc1cc(Br)ccc1OC(F)F. The highest BCUT2D eigenvalue weighted by Gasteiger charge is 2.11. The molecule has 0 spiro atoms. The van der Waals surface area contributed by atoms with E-state index in [1.54, 1.807) is 24.1 Å². The Labute approximate surface area is 125 Å². The van der Waals surface area contributed by atoms with Gasteiger partial charge in [0.05, 0.1) is 6.54 Å². The molecule has 0 aromatic heterocycles. The van der Waals surface area contributed by atoms with E-state index in [0.717, 1.165) is 4.47 Å². The van der Waals surface area contributed by atoms with Crippen LogP contribution in [0.25, 0.3) is 0 Å². The highest BCUT2D eigenvalue weighted by Crippen LogP contribution is 2.24. The first-order chi connectivity index (χ1) is 9.43. The Kier molecular flexibility index (Phi) is 6.87. The number of nitrogens with zero attached hydrogens (tertiary/aromatic N) is 1. The predicted molar refractivity (Wildman–Crippen MR) is 75.8 cm³/mol. The molecule has 0 fully saturated rings. The zero-order chi connectivity index (χ0) is 15.1. The van der Waals surface area contributed by atoms with Gasteiger partial charge in [-0.15, -0.1) is 0 Å². The summed E-state index contributed by atoms with van der Waals surface area (Å²) in [5.41, 5.74) is 0.562. The maximum absolute atomic E-state index is 12.3. The van der Waals surface area contributed by atoms with E-state index in [-0.39, 0.29) is 24.7 Å². The molecule has 1 amide bonds. The molecule has 0 unspecified atom stereocenters. The van der Waals surface area contributed by atoms with Crippen LogP contribution in [0.15, 0.2) is 22.7 Å². The maximum atomic E-state index is 12.3. The highest BCUT2D eigenvalue weighted by molar-refractivity contribution is 9.10. The molecule has 0 aliphatic rings. The van der Waals surface area contributed by atoms with Crippen LogP contribution in [0.4, 0.5) is 8.78 Å². The lowest BCUT2D eigenvalue weighted by atomic mass is 10.2. The number of alkyl halides is 2. The van der Waals surface area contributed by atoms with Crippen molar-refractivity contribution in [1.82, 2.24) is 10.2 Å². The van der Waals surface area contributed by atoms with E-state index < -0.39 is 6.61 Å². The molecule has 112 valence electrons. The van der Waals surface area contributed by atoms with Crippen LogP contribution in [0, 0.1) is 0 Å². The van der Waals surface area contributed by atoms with Gasteiger partial charge in [0.25, 0.3) is 0 Å². The van der Waals surface area contributed by atoms with Crippen LogP contribution in [-0.2, 0) is 11.3 Å². The van der Waals surface area contributed by atoms with E-state index in [9.17, 15) is 13.6 Å². The fourth-order valence-corrected chi connectivity index (χ4v) is 1.92. The normalized spacial score (nSPS) is 10.7. The van der Waals surface area contributed by atoms with Gasteiger partial charge in [0.1, 0.15) is 5.75 Å². The fourth-order valence-electron chi connectivity index (χ4n) is 1.51. The van der Waals surface area contributed by atoms with E-state index in [0.29, 0.717) is 12.1 Å². The minimum atomic E-state index is -2.87. The molecule has 1 aromatic carbocycles. The number of rotatable bonds is 7. The van der Waals surface area contributed by atoms with Crippen molar-refractivity contribution in [3.05, 3.63) is 28.2 Å². The summed E-state index contributed by atoms with van der Waals surface area (Å²) in [4.78, 5) is 13.2. The zero-order valence-electron chi connectivity index (χ0n) is 11.3. The molecule has 0 radical (unpaired) electrons. The molecule has 0 aliphatic heterocycles. The molecule has 0 saturated heterocycles. The monoisotopic (exact) mass is 350 g/mol. The van der Waals surface area contributed by atoms with E-state index in [2.05, 4.69) is 26.0 Å². The van der Waals surface area contributed by atoms with Crippen LogP contribution in [0.2, 0.25) is 0 Å². The lowest BCUT2D eigenvalue weighted by Gasteiger charge is -2.16. The molecular formula is C13H17BrF2N2O2. The Morgan fingerprint density at radius 2 is 2.20 bits per heavy atom. The number of hydrogen-bond donors (Lipinski definition) is 1. The molecule has 7 heteroatoms. The minimum Gasteiger partial charge on any atom is -0.434 e. The smallest absolute Gasteiger partial charge is 0.387 e. The first-order valence-corrected chi connectivity index (χ1v) is 6.91. The number of hydrogen-bond acceptors (Lipinski definition) is 3. The molecule has 0 heterocycles. The van der Waals surface area contributed by atoms with Gasteiger partial charge in [-0.3, -0.25) is 4.79 Å². The summed E-state index contributed by atoms with van der Waals surface area (Å²) < 4.78 is 29.8. The van der Waals surface area contributed by atoms with Crippen molar-refractivity contribution in [2.24, 2.45) is 0 Å². The van der Waals surface area contributed by atoms with Gasteiger partial charge in [0.15, 0.2) is 0 Å². The lowest BCUT2D eigenvalue weighted by molar-refractivity contribution is -0.128. The molecule has 1 N–H and O–H groups in total. The average Bonchev–Trinajstić information content (AvgIpc) is 2.40. The van der Waals surface area contributed by atoms with Crippen molar-refractivity contribution in [1.29, 1.82) is 0 Å². The summed E-state index contributed by atoms with van der Waals surface area (Å²) in [6.07, 6.45) is 0. The second-order valence-corrected chi connectivity index (χ2v) is 5.06. The van der Waals surface area contributed by atoms with E-state index in [1.165, 1.54) is 6.07 Å². The summed E-state index contributed by atoms with van der Waals surface area (Å²) in [6, 6.07) is 4.77. The van der Waals surface area contributed by atoms with E-state index in [4.69, 9.17) is 0 Å². The van der Waals surface area contributed by atoms with Gasteiger partial charge in [-0.25, -0.2) is 0 Å². The number of ether oxygens (including phenoxy) is 1. The van der Waals surface area contributed by atoms with Gasteiger partial charge in [-0.1, -0.05) is 15.9 Å². The summed E-state index contributed by atoms with van der Waals surface area (Å²) >= 11 is 3.27. The number of carbonyl (C=O) groups excluding carboxylic acids is 1. The molecule has 0 aliphatic carbocycles. The summed E-state index contributed by atoms with van der Waals surface area (Å²) in [5.74, 6) is 0.0471. The number of amides is 1. The van der Waals surface area contributed by atoms with E-state index >= 15 is 0 Å². The Hall–Kier alpha value is -1.21. The first kappa shape index (κ1) is 16.8. The van der Waals surface area contributed by atoms with Gasteiger partial charge >= 0.3 is 6.61 Å². The quantitative estimate of drug-likeness (QED) is 0.821. The number of nitrogens with one attached hydrogen (secondary N) is 1. The Morgan fingerprint density at radius 3 is 2.80 bits per heavy atom. The van der Waals surface area contributed by atoms with Crippen LogP contribution in [-0.4, -0.2) is 37.6 Å². The number of carbonyl (C=O) groups is 1. The van der Waals surface area contributed by atoms with Gasteiger partial charge in [-0.2, -0.15) is 8.78 Å². The minimum absolute atomic E-state index is 0.0566. The fraction of sp³-hybridized carbons (Fsp3) is 0.462. The Morgan fingerprint density at radius 1 is 1.50 bits per heavy atom. The van der Waals surface area contributed by atoms with Gasteiger partial charge in [0.2, 0.25) is 5.91 Å². The lowest BCUT2D eigenvalue weighted by Crippen LogP contribution is -2.35. The predicted octanol–water partition coefficient (Wildman–Crippen LogP) is 2.62. The average molecular weight is 351 g/mol. The molecule has 0 atom stereocenters. The van der Waals surface area contributed by atoms with Gasteiger partial charge < -0.3 is 15.0 Å². The van der Waals surface area contributed by atoms with Crippen molar-refractivity contribution in [2.45, 2.75) is 20.1 Å². The van der Waals surface area contributed by atoms with Crippen molar-refractivity contribution < 1.29 is 18.3 Å². The topological polar surface area (TPSA) is 41.6 Å². The van der Waals surface area contributed by atoms with Crippen LogP contribution in [0.3, 0.4) is 0 Å². The molecule has 1 aromatic rings. The van der Waals surface area contributed by atoms with Crippen molar-refractivity contribution >= 4 is 21.8 Å². The third-order valence-electron chi connectivity index (χ3n) is 2.73. The second-order valence-electron chi connectivity index (χ2n) is 4.14. The van der Waals surface area contributed by atoms with Crippen molar-refractivity contribution in [3.63, 3.8) is 0 Å². The van der Waals surface area contributed by atoms with Crippen LogP contribution < -0.4 is 10.1 Å². The number of likely N-dealkylation sites (N-methyl/N-ethyl adjacent to an activating group) is 1. The van der Waals surface area contributed by atoms with Crippen LogP contribution >= 0.6 is 15.9 Å². The summed E-state index contributed by atoms with van der Waals surface area (Å²) in [7, 11) is 1.70. The molecule has 0 saturated carbocycles. The van der Waals surface area contributed by atoms with Crippen molar-refractivity contribution in [3.8, 4) is 5.75 Å². The third-order valence-corrected chi connectivity index (χ3v) is 3.22. The Bertz CT molecular complexity index is 458. The summed E-state index contributed by atoms with van der Waals surface area (Å²) in [5, 5.41) is 2.92.